The number of fused-ring (bicyclic) bond motifs is 5. The predicted molar refractivity (Wildman–Crippen MR) is 125 cm³/mol. The molecule has 34 heavy (non-hydrogen) atoms. The van der Waals surface area contributed by atoms with Crippen LogP contribution in [0.25, 0.3) is 11.1 Å². The minimum atomic E-state index is -0.789. The Balaban J connectivity index is 1.13. The molecule has 0 spiro atoms. The Morgan fingerprint density at radius 3 is 2.15 bits per heavy atom. The monoisotopic (exact) mass is 458 g/mol. The van der Waals surface area contributed by atoms with Crippen molar-refractivity contribution in [1.29, 1.82) is 0 Å². The van der Waals surface area contributed by atoms with Crippen LogP contribution >= 0.6 is 0 Å². The number of nitrogens with one attached hydrogen (secondary N) is 1. The van der Waals surface area contributed by atoms with E-state index in [0.717, 1.165) is 35.1 Å². The van der Waals surface area contributed by atoms with Crippen LogP contribution in [0.1, 0.15) is 42.7 Å². The first-order chi connectivity index (χ1) is 16.5. The molecule has 0 aromatic heterocycles. The van der Waals surface area contributed by atoms with Gasteiger partial charge in [-0.1, -0.05) is 54.5 Å². The summed E-state index contributed by atoms with van der Waals surface area (Å²) in [7, 11) is 0. The zero-order valence-electron chi connectivity index (χ0n) is 18.7. The predicted octanol–water partition coefficient (Wildman–Crippen LogP) is 3.38. The van der Waals surface area contributed by atoms with E-state index in [0.29, 0.717) is 12.8 Å². The van der Waals surface area contributed by atoms with E-state index < -0.39 is 12.1 Å². The Morgan fingerprint density at radius 2 is 1.56 bits per heavy atom. The molecule has 5 rings (SSSR count). The molecule has 174 valence electrons. The number of rotatable bonds is 4. The van der Waals surface area contributed by atoms with Crippen LogP contribution < -0.4 is 5.32 Å². The number of aliphatic carboxylic acids is 1. The quantitative estimate of drug-likeness (QED) is 0.685. The summed E-state index contributed by atoms with van der Waals surface area (Å²) in [6.07, 6.45) is 2.03. The van der Waals surface area contributed by atoms with Crippen molar-refractivity contribution in [2.45, 2.75) is 43.7 Å². The van der Waals surface area contributed by atoms with E-state index in [-0.39, 0.29) is 43.0 Å². The lowest BCUT2D eigenvalue weighted by Crippen LogP contribution is -2.47. The molecule has 2 aromatic rings. The first kappa shape index (κ1) is 22.0. The molecule has 2 heterocycles. The summed E-state index contributed by atoms with van der Waals surface area (Å²) in [5.74, 6) is 3.81. The highest BCUT2D eigenvalue weighted by atomic mass is 16.5. The molecule has 2 unspecified atom stereocenters. The molecule has 2 amide bonds. The molecule has 2 fully saturated rings. The molecule has 2 atom stereocenters. The van der Waals surface area contributed by atoms with Crippen molar-refractivity contribution in [3.63, 3.8) is 0 Å². The highest BCUT2D eigenvalue weighted by Gasteiger charge is 2.44. The summed E-state index contributed by atoms with van der Waals surface area (Å²) in [6, 6.07) is 16.1. The lowest BCUT2D eigenvalue weighted by Gasteiger charge is -2.36. The van der Waals surface area contributed by atoms with Crippen molar-refractivity contribution in [1.82, 2.24) is 10.2 Å². The molecule has 0 radical (unpaired) electrons. The van der Waals surface area contributed by atoms with Gasteiger partial charge in [0.25, 0.3) is 5.91 Å². The fourth-order valence-electron chi connectivity index (χ4n) is 5.66. The van der Waals surface area contributed by atoms with Gasteiger partial charge in [0.15, 0.2) is 0 Å². The third-order valence-electron chi connectivity index (χ3n) is 7.18. The molecular weight excluding hydrogens is 432 g/mol. The molecule has 0 saturated carbocycles. The maximum Gasteiger partial charge on any atom is 0.407 e. The van der Waals surface area contributed by atoms with Crippen molar-refractivity contribution in [2.75, 3.05) is 13.2 Å². The van der Waals surface area contributed by atoms with Gasteiger partial charge in [-0.15, -0.1) is 0 Å². The van der Waals surface area contributed by atoms with E-state index in [1.54, 1.807) is 4.90 Å². The first-order valence-corrected chi connectivity index (χ1v) is 11.7. The van der Waals surface area contributed by atoms with Gasteiger partial charge in [0.2, 0.25) is 0 Å². The summed E-state index contributed by atoms with van der Waals surface area (Å²) in [5.41, 5.74) is 4.61. The second kappa shape index (κ2) is 9.22. The Labute approximate surface area is 198 Å². The average molecular weight is 459 g/mol. The summed E-state index contributed by atoms with van der Waals surface area (Å²) in [4.78, 5) is 37.8. The SMILES string of the molecule is O=C(NCC#CC(=O)N1C2CCC1CC(C(=O)O)C2)OCC1c2ccccc2-c2ccccc21. The Bertz CT molecular complexity index is 1140. The number of nitrogens with zero attached hydrogens (tertiary/aromatic N) is 1. The number of carboxylic acid groups (broad SMARTS) is 1. The summed E-state index contributed by atoms with van der Waals surface area (Å²) < 4.78 is 5.47. The number of alkyl carbamates (subject to hydrolysis) is 1. The number of hydrogen-bond donors (Lipinski definition) is 2. The molecule has 3 aliphatic rings. The van der Waals surface area contributed by atoms with E-state index in [2.05, 4.69) is 41.4 Å². The van der Waals surface area contributed by atoms with Crippen LogP contribution in [-0.4, -0.2) is 53.2 Å². The van der Waals surface area contributed by atoms with Gasteiger partial charge in [0.1, 0.15) is 6.61 Å². The van der Waals surface area contributed by atoms with E-state index in [1.165, 1.54) is 0 Å². The summed E-state index contributed by atoms with van der Waals surface area (Å²) in [6.45, 7) is 0.220. The summed E-state index contributed by atoms with van der Waals surface area (Å²) >= 11 is 0. The fraction of sp³-hybridized carbons (Fsp3) is 0.370. The molecule has 2 N–H and O–H groups in total. The Morgan fingerprint density at radius 1 is 0.971 bits per heavy atom. The van der Waals surface area contributed by atoms with Gasteiger partial charge in [-0.3, -0.25) is 9.59 Å². The summed E-state index contributed by atoms with van der Waals surface area (Å²) in [5, 5.41) is 11.9. The zero-order valence-corrected chi connectivity index (χ0v) is 18.7. The van der Waals surface area contributed by atoms with Crippen LogP contribution in [0.3, 0.4) is 0 Å². The van der Waals surface area contributed by atoms with Crippen LogP contribution in [0.2, 0.25) is 0 Å². The van der Waals surface area contributed by atoms with Crippen molar-refractivity contribution in [3.05, 3.63) is 59.7 Å². The normalized spacial score (nSPS) is 22.2. The second-order valence-electron chi connectivity index (χ2n) is 9.08. The van der Waals surface area contributed by atoms with Gasteiger partial charge in [-0.2, -0.15) is 0 Å². The maximum atomic E-state index is 12.6. The molecule has 2 saturated heterocycles. The van der Waals surface area contributed by atoms with Gasteiger partial charge in [0, 0.05) is 18.0 Å². The van der Waals surface area contributed by atoms with E-state index in [4.69, 9.17) is 4.74 Å². The van der Waals surface area contributed by atoms with Gasteiger partial charge in [-0.05, 0) is 53.9 Å². The minimum Gasteiger partial charge on any atom is -0.481 e. The highest BCUT2D eigenvalue weighted by Crippen LogP contribution is 2.44. The van der Waals surface area contributed by atoms with E-state index in [1.807, 2.05) is 24.3 Å². The lowest BCUT2D eigenvalue weighted by atomic mass is 9.91. The Hall–Kier alpha value is -3.79. The number of carbonyl (C=O) groups excluding carboxylic acids is 2. The standard InChI is InChI=1S/C27H26N2O5/c30-25(29-18-11-12-19(29)15-17(14-18)26(31)32)10-5-13-28-27(33)34-16-24-22-8-3-1-6-20(22)21-7-2-4-9-23(21)24/h1-4,6-9,17-19,24H,11-16H2,(H,28,33)(H,31,32). The Kier molecular flexibility index (Phi) is 5.97. The van der Waals surface area contributed by atoms with Crippen molar-refractivity contribution < 1.29 is 24.2 Å². The molecule has 2 aromatic carbocycles. The average Bonchev–Trinajstić information content (AvgIpc) is 3.30. The number of ether oxygens (including phenoxy) is 1. The van der Waals surface area contributed by atoms with Crippen LogP contribution in [-0.2, 0) is 14.3 Å². The number of carboxylic acids is 1. The first-order valence-electron chi connectivity index (χ1n) is 11.7. The molecule has 7 heteroatoms. The van der Waals surface area contributed by atoms with Crippen molar-refractivity contribution in [3.8, 4) is 23.0 Å². The van der Waals surface area contributed by atoms with Gasteiger partial charge < -0.3 is 20.1 Å². The number of carbonyl (C=O) groups is 3. The number of amides is 2. The number of hydrogen-bond acceptors (Lipinski definition) is 4. The molecule has 2 aliphatic heterocycles. The topological polar surface area (TPSA) is 95.9 Å². The third kappa shape index (κ3) is 4.12. The van der Waals surface area contributed by atoms with Crippen molar-refractivity contribution >= 4 is 18.0 Å². The van der Waals surface area contributed by atoms with Gasteiger partial charge >= 0.3 is 12.1 Å². The third-order valence-corrected chi connectivity index (χ3v) is 7.18. The highest BCUT2D eigenvalue weighted by molar-refractivity contribution is 5.94. The van der Waals surface area contributed by atoms with E-state index in [9.17, 15) is 19.5 Å². The van der Waals surface area contributed by atoms with Gasteiger partial charge in [0.05, 0.1) is 12.5 Å². The second-order valence-corrected chi connectivity index (χ2v) is 9.08. The van der Waals surface area contributed by atoms with Crippen LogP contribution in [0, 0.1) is 17.8 Å². The van der Waals surface area contributed by atoms with Crippen LogP contribution in [0.15, 0.2) is 48.5 Å². The zero-order chi connectivity index (χ0) is 23.7. The smallest absolute Gasteiger partial charge is 0.407 e. The maximum absolute atomic E-state index is 12.6. The molecule has 1 aliphatic carbocycles. The van der Waals surface area contributed by atoms with Crippen molar-refractivity contribution in [2.24, 2.45) is 5.92 Å². The molecule has 2 bridgehead atoms. The lowest BCUT2D eigenvalue weighted by molar-refractivity contribution is -0.146. The molecule has 7 nitrogen and oxygen atoms in total. The fourth-order valence-corrected chi connectivity index (χ4v) is 5.66. The van der Waals surface area contributed by atoms with E-state index >= 15 is 0 Å². The largest absolute Gasteiger partial charge is 0.481 e. The number of benzene rings is 2. The minimum absolute atomic E-state index is 0.00331. The van der Waals surface area contributed by atoms with Crippen LogP contribution in [0.5, 0.6) is 0 Å². The number of piperidine rings is 1. The van der Waals surface area contributed by atoms with Crippen LogP contribution in [0.4, 0.5) is 4.79 Å². The molecular formula is C27H26N2O5. The van der Waals surface area contributed by atoms with Gasteiger partial charge in [-0.25, -0.2) is 4.79 Å².